The zero-order valence-electron chi connectivity index (χ0n) is 17.6. The van der Waals surface area contributed by atoms with Gasteiger partial charge in [0.05, 0.1) is 5.69 Å². The third-order valence-corrected chi connectivity index (χ3v) is 5.97. The van der Waals surface area contributed by atoms with Crippen molar-refractivity contribution >= 4 is 29.0 Å². The summed E-state index contributed by atoms with van der Waals surface area (Å²) in [5, 5.41) is 2.93. The van der Waals surface area contributed by atoms with Gasteiger partial charge in [-0.25, -0.2) is 0 Å². The van der Waals surface area contributed by atoms with Crippen molar-refractivity contribution in [2.24, 2.45) is 0 Å². The summed E-state index contributed by atoms with van der Waals surface area (Å²) >= 11 is 7.07. The second-order valence-electron chi connectivity index (χ2n) is 7.59. The number of hydrogen-bond donors (Lipinski definition) is 1. The molecule has 0 bridgehead atoms. The Balaban J connectivity index is 1.76. The van der Waals surface area contributed by atoms with Crippen LogP contribution in [0.4, 0.5) is 5.69 Å². The van der Waals surface area contributed by atoms with E-state index < -0.39 is 10.8 Å². The minimum Gasteiger partial charge on any atom is -0.323 e. The average Bonchev–Trinajstić information content (AvgIpc) is 2.85. The van der Waals surface area contributed by atoms with Crippen molar-refractivity contribution in [1.82, 2.24) is 0 Å². The molecule has 1 amide bonds. The van der Waals surface area contributed by atoms with Gasteiger partial charge < -0.3 is 5.32 Å². The normalized spacial score (nSPS) is 11.1. The molecule has 4 aromatic rings. The highest BCUT2D eigenvalue weighted by Crippen LogP contribution is 2.38. The van der Waals surface area contributed by atoms with Crippen molar-refractivity contribution in [2.75, 3.05) is 5.32 Å². The number of halogens is 1. The quantitative estimate of drug-likeness (QED) is 0.281. The third kappa shape index (κ3) is 4.20. The monoisotopic (exact) mass is 439 g/mol. The van der Waals surface area contributed by atoms with Gasteiger partial charge in [0.2, 0.25) is 0 Å². The maximum absolute atomic E-state index is 13.7. The van der Waals surface area contributed by atoms with Crippen molar-refractivity contribution in [3.8, 4) is 0 Å². The topological polar surface area (TPSA) is 46.2 Å². The number of rotatable bonds is 6. The Morgan fingerprint density at radius 2 is 1.22 bits per heavy atom. The Labute approximate surface area is 192 Å². The minimum atomic E-state index is -1.46. The van der Waals surface area contributed by atoms with E-state index in [1.54, 1.807) is 24.3 Å². The van der Waals surface area contributed by atoms with Gasteiger partial charge in [0.1, 0.15) is 0 Å². The maximum atomic E-state index is 13.7. The Bertz CT molecular complexity index is 1200. The SMILES string of the molecule is Cc1ccc(NC(=O)C(Cl)(c2ccccc2)c2ccccc2)c(C(=O)c2ccccc2)c1. The van der Waals surface area contributed by atoms with Gasteiger partial charge in [-0.1, -0.05) is 114 Å². The van der Waals surface area contributed by atoms with Gasteiger partial charge in [0, 0.05) is 11.1 Å². The number of benzene rings is 4. The van der Waals surface area contributed by atoms with E-state index in [4.69, 9.17) is 11.6 Å². The minimum absolute atomic E-state index is 0.163. The fraction of sp³-hybridized carbons (Fsp3) is 0.0714. The summed E-state index contributed by atoms with van der Waals surface area (Å²) in [5.41, 5.74) is 3.61. The second kappa shape index (κ2) is 9.21. The van der Waals surface area contributed by atoms with Crippen LogP contribution < -0.4 is 5.32 Å². The van der Waals surface area contributed by atoms with Crippen LogP contribution in [0, 0.1) is 6.92 Å². The molecule has 0 aliphatic carbocycles. The van der Waals surface area contributed by atoms with E-state index in [0.717, 1.165) is 5.56 Å². The van der Waals surface area contributed by atoms with Crippen LogP contribution in [-0.2, 0) is 9.67 Å². The number of carbonyl (C=O) groups is 2. The van der Waals surface area contributed by atoms with Gasteiger partial charge in [-0.2, -0.15) is 0 Å². The van der Waals surface area contributed by atoms with E-state index >= 15 is 0 Å². The molecule has 0 radical (unpaired) electrons. The largest absolute Gasteiger partial charge is 0.323 e. The lowest BCUT2D eigenvalue weighted by Crippen LogP contribution is -2.37. The smallest absolute Gasteiger partial charge is 0.254 e. The molecule has 0 atom stereocenters. The first kappa shape index (κ1) is 21.5. The molecule has 0 saturated heterocycles. The van der Waals surface area contributed by atoms with Gasteiger partial charge in [0.15, 0.2) is 10.7 Å². The van der Waals surface area contributed by atoms with Crippen LogP contribution in [0.15, 0.2) is 109 Å². The molecule has 4 rings (SSSR count). The van der Waals surface area contributed by atoms with Crippen molar-refractivity contribution in [2.45, 2.75) is 11.8 Å². The van der Waals surface area contributed by atoms with Crippen LogP contribution in [0.2, 0.25) is 0 Å². The van der Waals surface area contributed by atoms with Gasteiger partial charge >= 0.3 is 0 Å². The summed E-state index contributed by atoms with van der Waals surface area (Å²) in [5.74, 6) is -0.591. The van der Waals surface area contributed by atoms with Crippen LogP contribution in [0.3, 0.4) is 0 Å². The second-order valence-corrected chi connectivity index (χ2v) is 8.16. The number of ketones is 1. The fourth-order valence-corrected chi connectivity index (χ4v) is 3.97. The molecule has 32 heavy (non-hydrogen) atoms. The van der Waals surface area contributed by atoms with E-state index in [2.05, 4.69) is 5.32 Å². The zero-order chi connectivity index (χ0) is 22.6. The number of amides is 1. The van der Waals surface area contributed by atoms with Gasteiger partial charge in [-0.05, 0) is 30.2 Å². The maximum Gasteiger partial charge on any atom is 0.254 e. The molecule has 158 valence electrons. The van der Waals surface area contributed by atoms with Crippen molar-refractivity contribution in [1.29, 1.82) is 0 Å². The van der Waals surface area contributed by atoms with Crippen molar-refractivity contribution in [3.05, 3.63) is 137 Å². The fourth-order valence-electron chi connectivity index (χ4n) is 3.67. The molecule has 4 heteroatoms. The number of anilines is 1. The Kier molecular flexibility index (Phi) is 6.20. The highest BCUT2D eigenvalue weighted by atomic mass is 35.5. The summed E-state index contributed by atoms with van der Waals surface area (Å²) < 4.78 is 0. The number of carbonyl (C=O) groups excluding carboxylic acids is 2. The lowest BCUT2D eigenvalue weighted by atomic mass is 9.89. The average molecular weight is 440 g/mol. The first-order valence-corrected chi connectivity index (χ1v) is 10.7. The molecule has 0 spiro atoms. The van der Waals surface area contributed by atoms with Gasteiger partial charge in [-0.3, -0.25) is 9.59 Å². The van der Waals surface area contributed by atoms with Crippen LogP contribution in [-0.4, -0.2) is 11.7 Å². The van der Waals surface area contributed by atoms with E-state index in [0.29, 0.717) is 27.9 Å². The summed E-state index contributed by atoms with van der Waals surface area (Å²) in [7, 11) is 0. The standard InChI is InChI=1S/C28H22ClNO2/c1-20-17-18-25(24(19-20)26(31)21-11-5-2-6-12-21)30-27(32)28(29,22-13-7-3-8-14-22)23-15-9-4-10-16-23/h2-19H,1H3,(H,30,32). The summed E-state index contributed by atoms with van der Waals surface area (Å²) in [6.07, 6.45) is 0. The highest BCUT2D eigenvalue weighted by molar-refractivity contribution is 6.39. The number of nitrogens with one attached hydrogen (secondary N) is 1. The van der Waals surface area contributed by atoms with E-state index in [1.165, 1.54) is 0 Å². The summed E-state index contributed by atoms with van der Waals surface area (Å²) in [4.78, 5) is 25.4. The molecule has 0 aliphatic heterocycles. The lowest BCUT2D eigenvalue weighted by molar-refractivity contribution is -0.117. The lowest BCUT2D eigenvalue weighted by Gasteiger charge is -2.27. The molecule has 0 aromatic heterocycles. The first-order chi connectivity index (χ1) is 15.5. The van der Waals surface area contributed by atoms with Crippen LogP contribution in [0.25, 0.3) is 0 Å². The van der Waals surface area contributed by atoms with Gasteiger partial charge in [-0.15, -0.1) is 0 Å². The predicted molar refractivity (Wildman–Crippen MR) is 129 cm³/mol. The van der Waals surface area contributed by atoms with Crippen LogP contribution in [0.1, 0.15) is 32.6 Å². The molecule has 0 heterocycles. The van der Waals surface area contributed by atoms with Crippen molar-refractivity contribution in [3.63, 3.8) is 0 Å². The molecule has 0 unspecified atom stereocenters. The third-order valence-electron chi connectivity index (χ3n) is 5.36. The first-order valence-electron chi connectivity index (χ1n) is 10.3. The van der Waals surface area contributed by atoms with Crippen LogP contribution in [0.5, 0.6) is 0 Å². The number of hydrogen-bond acceptors (Lipinski definition) is 2. The Morgan fingerprint density at radius 1 is 0.719 bits per heavy atom. The Hall–Kier alpha value is -3.69. The molecule has 1 N–H and O–H groups in total. The molecule has 0 aliphatic rings. The predicted octanol–water partition coefficient (Wildman–Crippen LogP) is 6.35. The van der Waals surface area contributed by atoms with Gasteiger partial charge in [0.25, 0.3) is 5.91 Å². The molecule has 0 saturated carbocycles. The van der Waals surface area contributed by atoms with Crippen LogP contribution >= 0.6 is 11.6 Å². The number of alkyl halides is 1. The van der Waals surface area contributed by atoms with E-state index in [9.17, 15) is 9.59 Å². The molecular formula is C28H22ClNO2. The molecule has 0 fully saturated rings. The summed E-state index contributed by atoms with van der Waals surface area (Å²) in [6.45, 7) is 1.91. The zero-order valence-corrected chi connectivity index (χ0v) is 18.3. The highest BCUT2D eigenvalue weighted by Gasteiger charge is 2.40. The molecular weight excluding hydrogens is 418 g/mol. The number of aryl methyl sites for hydroxylation is 1. The van der Waals surface area contributed by atoms with E-state index in [1.807, 2.05) is 91.9 Å². The van der Waals surface area contributed by atoms with Crippen molar-refractivity contribution < 1.29 is 9.59 Å². The molecule has 3 nitrogen and oxygen atoms in total. The van der Waals surface area contributed by atoms with E-state index in [-0.39, 0.29) is 5.78 Å². The summed E-state index contributed by atoms with van der Waals surface area (Å²) in [6, 6.07) is 32.8. The molecule has 4 aromatic carbocycles. The Morgan fingerprint density at radius 3 is 1.75 bits per heavy atom.